The van der Waals surface area contributed by atoms with Crippen molar-refractivity contribution in [3.8, 4) is 5.75 Å². The van der Waals surface area contributed by atoms with Crippen molar-refractivity contribution in [1.82, 2.24) is 10.6 Å². The van der Waals surface area contributed by atoms with Crippen molar-refractivity contribution in [3.05, 3.63) is 29.8 Å². The van der Waals surface area contributed by atoms with E-state index in [1.54, 1.807) is 0 Å². The van der Waals surface area contributed by atoms with Crippen molar-refractivity contribution in [3.63, 3.8) is 0 Å². The number of fused-ring (bicyclic) bond motifs is 2. The molecule has 2 saturated heterocycles. The van der Waals surface area contributed by atoms with E-state index in [0.29, 0.717) is 31.2 Å². The first-order valence-corrected chi connectivity index (χ1v) is 9.69. The SMILES string of the molecule is CC(C)(C)c1ccc(OCCCC(=O)NC2CC3CCC(C2)N3)cc1. The van der Waals surface area contributed by atoms with E-state index in [9.17, 15) is 4.79 Å². The van der Waals surface area contributed by atoms with E-state index in [4.69, 9.17) is 4.74 Å². The van der Waals surface area contributed by atoms with E-state index in [1.807, 2.05) is 12.1 Å². The Morgan fingerprint density at radius 2 is 1.80 bits per heavy atom. The van der Waals surface area contributed by atoms with Gasteiger partial charge in [0.25, 0.3) is 0 Å². The highest BCUT2D eigenvalue weighted by Gasteiger charge is 2.33. The number of rotatable bonds is 6. The molecule has 25 heavy (non-hydrogen) atoms. The number of nitrogens with one attached hydrogen (secondary N) is 2. The summed E-state index contributed by atoms with van der Waals surface area (Å²) >= 11 is 0. The molecule has 3 rings (SSSR count). The van der Waals surface area contributed by atoms with Crippen LogP contribution < -0.4 is 15.4 Å². The van der Waals surface area contributed by atoms with E-state index in [0.717, 1.165) is 25.0 Å². The summed E-state index contributed by atoms with van der Waals surface area (Å²) in [5.41, 5.74) is 1.46. The molecule has 1 aromatic rings. The van der Waals surface area contributed by atoms with Crippen LogP contribution in [0.15, 0.2) is 24.3 Å². The molecule has 4 heteroatoms. The van der Waals surface area contributed by atoms with Crippen LogP contribution in [0.25, 0.3) is 0 Å². The lowest BCUT2D eigenvalue weighted by atomic mass is 9.87. The highest BCUT2D eigenvalue weighted by atomic mass is 16.5. The summed E-state index contributed by atoms with van der Waals surface area (Å²) in [5.74, 6) is 1.04. The third kappa shape index (κ3) is 5.21. The minimum Gasteiger partial charge on any atom is -0.494 e. The zero-order chi connectivity index (χ0) is 17.9. The molecule has 0 aromatic heterocycles. The maximum absolute atomic E-state index is 12.1. The average Bonchev–Trinajstić information content (AvgIpc) is 2.90. The number of benzene rings is 1. The number of hydrogen-bond donors (Lipinski definition) is 2. The molecule has 1 amide bonds. The zero-order valence-electron chi connectivity index (χ0n) is 15.8. The van der Waals surface area contributed by atoms with Crippen LogP contribution in [-0.4, -0.2) is 30.6 Å². The van der Waals surface area contributed by atoms with Gasteiger partial charge in [-0.25, -0.2) is 0 Å². The maximum atomic E-state index is 12.1. The molecule has 2 N–H and O–H groups in total. The quantitative estimate of drug-likeness (QED) is 0.776. The molecular weight excluding hydrogens is 312 g/mol. The molecule has 2 aliphatic heterocycles. The largest absolute Gasteiger partial charge is 0.494 e. The molecule has 0 radical (unpaired) electrons. The first-order chi connectivity index (χ1) is 11.9. The Labute approximate surface area is 151 Å². The number of amides is 1. The van der Waals surface area contributed by atoms with Crippen LogP contribution in [0.1, 0.15) is 64.9 Å². The van der Waals surface area contributed by atoms with Crippen LogP contribution in [0.2, 0.25) is 0 Å². The second-order valence-corrected chi connectivity index (χ2v) is 8.60. The van der Waals surface area contributed by atoms with Gasteiger partial charge in [-0.2, -0.15) is 0 Å². The number of ether oxygens (including phenoxy) is 1. The van der Waals surface area contributed by atoms with Gasteiger partial charge >= 0.3 is 0 Å². The van der Waals surface area contributed by atoms with Crippen LogP contribution in [0.3, 0.4) is 0 Å². The molecule has 0 spiro atoms. The molecule has 4 nitrogen and oxygen atoms in total. The Morgan fingerprint density at radius 3 is 2.40 bits per heavy atom. The maximum Gasteiger partial charge on any atom is 0.220 e. The van der Waals surface area contributed by atoms with Gasteiger partial charge in [-0.15, -0.1) is 0 Å². The summed E-state index contributed by atoms with van der Waals surface area (Å²) in [7, 11) is 0. The zero-order valence-corrected chi connectivity index (χ0v) is 15.8. The summed E-state index contributed by atoms with van der Waals surface area (Å²) in [4.78, 5) is 12.1. The number of carbonyl (C=O) groups excluding carboxylic acids is 1. The molecule has 0 saturated carbocycles. The molecule has 2 bridgehead atoms. The highest BCUT2D eigenvalue weighted by Crippen LogP contribution is 2.27. The molecule has 1 aromatic carbocycles. The second-order valence-electron chi connectivity index (χ2n) is 8.60. The lowest BCUT2D eigenvalue weighted by Crippen LogP contribution is -2.48. The predicted molar refractivity (Wildman–Crippen MR) is 101 cm³/mol. The Bertz CT molecular complexity index is 565. The van der Waals surface area contributed by atoms with Crippen LogP contribution in [-0.2, 0) is 10.2 Å². The van der Waals surface area contributed by atoms with E-state index in [-0.39, 0.29) is 11.3 Å². The van der Waals surface area contributed by atoms with Crippen molar-refractivity contribution in [1.29, 1.82) is 0 Å². The van der Waals surface area contributed by atoms with Gasteiger partial charge in [0.15, 0.2) is 0 Å². The first kappa shape index (κ1) is 18.2. The fourth-order valence-electron chi connectivity index (χ4n) is 3.95. The van der Waals surface area contributed by atoms with E-state index in [2.05, 4.69) is 43.5 Å². The summed E-state index contributed by atoms with van der Waals surface area (Å²) in [6.07, 6.45) is 5.99. The van der Waals surface area contributed by atoms with Gasteiger partial charge in [0.2, 0.25) is 5.91 Å². The summed E-state index contributed by atoms with van der Waals surface area (Å²) in [5, 5.41) is 6.81. The standard InChI is InChI=1S/C21H32N2O2/c1-21(2,3)15-6-10-19(11-7-15)25-12-4-5-20(24)23-18-13-16-8-9-17(14-18)22-16/h6-7,10-11,16-18,22H,4-5,8-9,12-14H2,1-3H3,(H,23,24). The molecule has 2 atom stereocenters. The van der Waals surface area contributed by atoms with Crippen molar-refractivity contribution in [2.75, 3.05) is 6.61 Å². The molecule has 0 aliphatic carbocycles. The van der Waals surface area contributed by atoms with Crippen molar-refractivity contribution in [2.24, 2.45) is 0 Å². The number of carbonyl (C=O) groups is 1. The monoisotopic (exact) mass is 344 g/mol. The number of piperidine rings is 1. The topological polar surface area (TPSA) is 50.4 Å². The predicted octanol–water partition coefficient (Wildman–Crippen LogP) is 3.54. The van der Waals surface area contributed by atoms with Crippen molar-refractivity contribution < 1.29 is 9.53 Å². The molecule has 2 heterocycles. The van der Waals surface area contributed by atoms with Gasteiger partial charge in [-0.3, -0.25) is 4.79 Å². The molecule has 2 fully saturated rings. The van der Waals surface area contributed by atoms with E-state index < -0.39 is 0 Å². The van der Waals surface area contributed by atoms with Crippen molar-refractivity contribution >= 4 is 5.91 Å². The fraction of sp³-hybridized carbons (Fsp3) is 0.667. The van der Waals surface area contributed by atoms with Gasteiger partial charge in [-0.1, -0.05) is 32.9 Å². The first-order valence-electron chi connectivity index (χ1n) is 9.69. The Kier molecular flexibility index (Phi) is 5.67. The third-order valence-electron chi connectivity index (χ3n) is 5.38. The third-order valence-corrected chi connectivity index (χ3v) is 5.38. The van der Waals surface area contributed by atoms with Gasteiger partial charge in [-0.05, 0) is 55.2 Å². The molecule has 138 valence electrons. The van der Waals surface area contributed by atoms with Crippen LogP contribution in [0.4, 0.5) is 0 Å². The molecule has 2 aliphatic rings. The normalized spacial score (nSPS) is 25.6. The van der Waals surface area contributed by atoms with Gasteiger partial charge in [0.05, 0.1) is 6.61 Å². The lowest BCUT2D eigenvalue weighted by Gasteiger charge is -2.29. The van der Waals surface area contributed by atoms with Crippen LogP contribution in [0, 0.1) is 0 Å². The molecular formula is C21H32N2O2. The van der Waals surface area contributed by atoms with Crippen LogP contribution in [0.5, 0.6) is 5.75 Å². The highest BCUT2D eigenvalue weighted by molar-refractivity contribution is 5.76. The fourth-order valence-corrected chi connectivity index (χ4v) is 3.95. The summed E-state index contributed by atoms with van der Waals surface area (Å²) in [6, 6.07) is 9.86. The van der Waals surface area contributed by atoms with Crippen molar-refractivity contribution in [2.45, 2.75) is 82.8 Å². The summed E-state index contributed by atoms with van der Waals surface area (Å²) < 4.78 is 5.77. The van der Waals surface area contributed by atoms with Gasteiger partial charge in [0, 0.05) is 24.5 Å². The van der Waals surface area contributed by atoms with Gasteiger partial charge in [0.1, 0.15) is 5.75 Å². The van der Waals surface area contributed by atoms with Crippen LogP contribution >= 0.6 is 0 Å². The minimum absolute atomic E-state index is 0.157. The average molecular weight is 344 g/mol. The van der Waals surface area contributed by atoms with E-state index in [1.165, 1.54) is 18.4 Å². The molecule has 2 unspecified atom stereocenters. The number of hydrogen-bond acceptors (Lipinski definition) is 3. The lowest BCUT2D eigenvalue weighted by molar-refractivity contribution is -0.122. The Morgan fingerprint density at radius 1 is 1.16 bits per heavy atom. The smallest absolute Gasteiger partial charge is 0.220 e. The van der Waals surface area contributed by atoms with Gasteiger partial charge < -0.3 is 15.4 Å². The van der Waals surface area contributed by atoms with E-state index >= 15 is 0 Å². The Balaban J connectivity index is 1.33. The Hall–Kier alpha value is -1.55. The second kappa shape index (κ2) is 7.77. The summed E-state index contributed by atoms with van der Waals surface area (Å²) in [6.45, 7) is 7.19. The minimum atomic E-state index is 0.157.